The summed E-state index contributed by atoms with van der Waals surface area (Å²) in [5.74, 6) is 2.14. The molecule has 0 bridgehead atoms. The minimum absolute atomic E-state index is 0.509. The fourth-order valence-electron chi connectivity index (χ4n) is 3.37. The average Bonchev–Trinajstić information content (AvgIpc) is 2.93. The van der Waals surface area contributed by atoms with E-state index in [-0.39, 0.29) is 0 Å². The van der Waals surface area contributed by atoms with Gasteiger partial charge in [-0.25, -0.2) is 0 Å². The Bertz CT molecular complexity index is 657. The highest BCUT2D eigenvalue weighted by Crippen LogP contribution is 2.39. The van der Waals surface area contributed by atoms with Crippen molar-refractivity contribution < 1.29 is 4.42 Å². The summed E-state index contributed by atoms with van der Waals surface area (Å²) in [7, 11) is 0. The summed E-state index contributed by atoms with van der Waals surface area (Å²) in [6, 6.07) is 2.65. The lowest BCUT2D eigenvalue weighted by Crippen LogP contribution is -2.33. The lowest BCUT2D eigenvalue weighted by molar-refractivity contribution is 0.197. The van der Waals surface area contributed by atoms with Crippen molar-refractivity contribution >= 4 is 0 Å². The molecule has 118 valence electrons. The molecule has 2 fully saturated rings. The van der Waals surface area contributed by atoms with Crippen LogP contribution in [0.15, 0.2) is 10.5 Å². The molecule has 2 aromatic heterocycles. The highest BCUT2D eigenvalue weighted by molar-refractivity contribution is 5.07. The molecule has 2 aliphatic rings. The Morgan fingerprint density at radius 1 is 1.23 bits per heavy atom. The molecule has 0 amide bonds. The third-order valence-electron chi connectivity index (χ3n) is 4.73. The van der Waals surface area contributed by atoms with Crippen LogP contribution in [0.4, 0.5) is 0 Å². The van der Waals surface area contributed by atoms with Gasteiger partial charge in [0.1, 0.15) is 0 Å². The van der Waals surface area contributed by atoms with E-state index in [4.69, 9.17) is 4.42 Å². The van der Waals surface area contributed by atoms with E-state index in [1.165, 1.54) is 31.4 Å². The number of likely N-dealkylation sites (tertiary alicyclic amines) is 1. The Hall–Kier alpha value is -1.69. The topological polar surface area (TPSA) is 60.0 Å². The van der Waals surface area contributed by atoms with Crippen molar-refractivity contribution in [1.29, 1.82) is 0 Å². The van der Waals surface area contributed by atoms with Crippen LogP contribution in [0, 0.1) is 13.8 Å². The number of aryl methyl sites for hydroxylation is 2. The molecule has 6 nitrogen and oxygen atoms in total. The summed E-state index contributed by atoms with van der Waals surface area (Å²) in [4.78, 5) is 2.46. The first-order valence-electron chi connectivity index (χ1n) is 8.26. The maximum Gasteiger partial charge on any atom is 0.230 e. The van der Waals surface area contributed by atoms with Crippen LogP contribution in [0.25, 0.3) is 0 Å². The standard InChI is InChI=1S/C16H23N5O/c1-11-8-12(2)21(19-11)9-14-4-3-7-20(14)10-15-17-18-16(22-15)13-5-6-13/h8,13-14H,3-7,9-10H2,1-2H3/t14-/m0/s1. The van der Waals surface area contributed by atoms with Gasteiger partial charge in [0.25, 0.3) is 0 Å². The van der Waals surface area contributed by atoms with Gasteiger partial charge in [-0.15, -0.1) is 10.2 Å². The molecule has 1 saturated heterocycles. The van der Waals surface area contributed by atoms with E-state index in [0.29, 0.717) is 12.0 Å². The van der Waals surface area contributed by atoms with Crippen LogP contribution in [0.2, 0.25) is 0 Å². The minimum Gasteiger partial charge on any atom is -0.424 e. The second kappa shape index (κ2) is 5.50. The zero-order valence-corrected chi connectivity index (χ0v) is 13.3. The zero-order valence-electron chi connectivity index (χ0n) is 13.3. The van der Waals surface area contributed by atoms with Gasteiger partial charge in [-0.2, -0.15) is 5.10 Å². The third kappa shape index (κ3) is 2.79. The second-order valence-electron chi connectivity index (χ2n) is 6.68. The van der Waals surface area contributed by atoms with Gasteiger partial charge in [0.2, 0.25) is 11.8 Å². The molecular weight excluding hydrogens is 278 g/mol. The van der Waals surface area contributed by atoms with Crippen LogP contribution < -0.4 is 0 Å². The molecule has 0 radical (unpaired) electrons. The summed E-state index contributed by atoms with van der Waals surface area (Å²) in [5, 5.41) is 13.0. The van der Waals surface area contributed by atoms with E-state index in [1.54, 1.807) is 0 Å². The van der Waals surface area contributed by atoms with Crippen LogP contribution in [0.1, 0.15) is 54.8 Å². The molecule has 3 heterocycles. The molecule has 22 heavy (non-hydrogen) atoms. The number of hydrogen-bond donors (Lipinski definition) is 0. The van der Waals surface area contributed by atoms with Gasteiger partial charge >= 0.3 is 0 Å². The van der Waals surface area contributed by atoms with Gasteiger partial charge < -0.3 is 4.42 Å². The van der Waals surface area contributed by atoms with Crippen LogP contribution in [0.3, 0.4) is 0 Å². The highest BCUT2D eigenvalue weighted by atomic mass is 16.4. The zero-order chi connectivity index (χ0) is 15.1. The van der Waals surface area contributed by atoms with E-state index < -0.39 is 0 Å². The quantitative estimate of drug-likeness (QED) is 0.849. The number of hydrogen-bond acceptors (Lipinski definition) is 5. The summed E-state index contributed by atoms with van der Waals surface area (Å²) in [6.45, 7) is 6.99. The first-order valence-corrected chi connectivity index (χ1v) is 8.26. The molecule has 0 aromatic carbocycles. The summed E-state index contributed by atoms with van der Waals surface area (Å²) >= 11 is 0. The lowest BCUT2D eigenvalue weighted by Gasteiger charge is -2.23. The Morgan fingerprint density at radius 2 is 2.09 bits per heavy atom. The smallest absolute Gasteiger partial charge is 0.230 e. The van der Waals surface area contributed by atoms with Crippen LogP contribution >= 0.6 is 0 Å². The first kappa shape index (κ1) is 13.9. The second-order valence-corrected chi connectivity index (χ2v) is 6.68. The highest BCUT2D eigenvalue weighted by Gasteiger charge is 2.31. The summed E-state index contributed by atoms with van der Waals surface area (Å²) in [5.41, 5.74) is 2.33. The SMILES string of the molecule is Cc1cc(C)n(C[C@@H]2CCCN2Cc2nnc(C3CC3)o2)n1. The van der Waals surface area contributed by atoms with E-state index in [2.05, 4.69) is 37.9 Å². The van der Waals surface area contributed by atoms with Crippen molar-refractivity contribution in [2.24, 2.45) is 0 Å². The van der Waals surface area contributed by atoms with Crippen molar-refractivity contribution in [3.8, 4) is 0 Å². The van der Waals surface area contributed by atoms with Gasteiger partial charge in [-0.3, -0.25) is 9.58 Å². The number of aromatic nitrogens is 4. The first-order chi connectivity index (χ1) is 10.7. The van der Waals surface area contributed by atoms with E-state index in [9.17, 15) is 0 Å². The van der Waals surface area contributed by atoms with Gasteiger partial charge in [-0.05, 0) is 52.1 Å². The number of nitrogens with zero attached hydrogens (tertiary/aromatic N) is 5. The van der Waals surface area contributed by atoms with Gasteiger partial charge in [-0.1, -0.05) is 0 Å². The fraction of sp³-hybridized carbons (Fsp3) is 0.688. The molecule has 0 spiro atoms. The molecule has 1 atom stereocenters. The predicted molar refractivity (Wildman–Crippen MR) is 81.4 cm³/mol. The predicted octanol–water partition coefficient (Wildman–Crippen LogP) is 2.42. The molecule has 1 aliphatic carbocycles. The van der Waals surface area contributed by atoms with E-state index in [0.717, 1.165) is 37.1 Å². The monoisotopic (exact) mass is 301 g/mol. The maximum atomic E-state index is 5.81. The Morgan fingerprint density at radius 3 is 2.82 bits per heavy atom. The van der Waals surface area contributed by atoms with Gasteiger partial charge in [0.05, 0.1) is 18.8 Å². The van der Waals surface area contributed by atoms with Crippen molar-refractivity contribution in [3.05, 3.63) is 29.2 Å². The molecule has 1 saturated carbocycles. The molecule has 0 unspecified atom stereocenters. The van der Waals surface area contributed by atoms with Crippen molar-refractivity contribution in [2.45, 2.75) is 64.6 Å². The Labute approximate surface area is 130 Å². The normalized spacial score (nSPS) is 22.5. The average molecular weight is 301 g/mol. The fourth-order valence-corrected chi connectivity index (χ4v) is 3.37. The molecule has 4 rings (SSSR count). The minimum atomic E-state index is 0.509. The van der Waals surface area contributed by atoms with E-state index in [1.807, 2.05) is 6.92 Å². The lowest BCUT2D eigenvalue weighted by atomic mass is 10.2. The molecule has 2 aromatic rings. The van der Waals surface area contributed by atoms with Crippen molar-refractivity contribution in [2.75, 3.05) is 6.54 Å². The molecule has 1 aliphatic heterocycles. The molecular formula is C16H23N5O. The van der Waals surface area contributed by atoms with Crippen LogP contribution in [0.5, 0.6) is 0 Å². The van der Waals surface area contributed by atoms with E-state index >= 15 is 0 Å². The summed E-state index contributed by atoms with van der Waals surface area (Å²) < 4.78 is 7.94. The summed E-state index contributed by atoms with van der Waals surface area (Å²) in [6.07, 6.45) is 4.84. The maximum absolute atomic E-state index is 5.81. The van der Waals surface area contributed by atoms with Crippen LogP contribution in [-0.2, 0) is 13.1 Å². The van der Waals surface area contributed by atoms with Crippen molar-refractivity contribution in [3.63, 3.8) is 0 Å². The van der Waals surface area contributed by atoms with Crippen molar-refractivity contribution in [1.82, 2.24) is 24.9 Å². The Balaban J connectivity index is 1.42. The van der Waals surface area contributed by atoms with Gasteiger partial charge in [0, 0.05) is 17.7 Å². The van der Waals surface area contributed by atoms with Gasteiger partial charge in [0.15, 0.2) is 0 Å². The van der Waals surface area contributed by atoms with Crippen LogP contribution in [-0.4, -0.2) is 37.5 Å². The number of rotatable bonds is 5. The molecule has 6 heteroatoms. The largest absolute Gasteiger partial charge is 0.424 e. The molecule has 0 N–H and O–H groups in total. The third-order valence-corrected chi connectivity index (χ3v) is 4.73. The Kier molecular flexibility index (Phi) is 3.48.